The van der Waals surface area contributed by atoms with Gasteiger partial charge in [0.25, 0.3) is 0 Å². The van der Waals surface area contributed by atoms with Gasteiger partial charge in [0, 0.05) is 17.5 Å². The molecule has 0 saturated carbocycles. The highest BCUT2D eigenvalue weighted by Gasteiger charge is 2.08. The van der Waals surface area contributed by atoms with Gasteiger partial charge in [0.15, 0.2) is 5.82 Å². The summed E-state index contributed by atoms with van der Waals surface area (Å²) in [5, 5.41) is 0.559. The summed E-state index contributed by atoms with van der Waals surface area (Å²) < 4.78 is 0.577. The molecule has 0 amide bonds. The Morgan fingerprint density at radius 1 is 1.38 bits per heavy atom. The second kappa shape index (κ2) is 4.31. The Morgan fingerprint density at radius 2 is 2.12 bits per heavy atom. The number of hydrogen-bond donors (Lipinski definition) is 1. The van der Waals surface area contributed by atoms with Gasteiger partial charge >= 0.3 is 0 Å². The van der Waals surface area contributed by atoms with Gasteiger partial charge in [-0.05, 0) is 26.0 Å². The van der Waals surface area contributed by atoms with E-state index in [1.807, 2.05) is 13.8 Å². The van der Waals surface area contributed by atoms with E-state index >= 15 is 0 Å². The van der Waals surface area contributed by atoms with Gasteiger partial charge in [0.05, 0.1) is 5.02 Å². The van der Waals surface area contributed by atoms with E-state index in [2.05, 4.69) is 15.0 Å². The van der Waals surface area contributed by atoms with Crippen LogP contribution in [0.2, 0.25) is 5.02 Å². The average molecular weight is 252 g/mol. The molecule has 2 rings (SSSR count). The van der Waals surface area contributed by atoms with E-state index in [4.69, 9.17) is 23.8 Å². The number of pyridine rings is 1. The smallest absolute Gasteiger partial charge is 0.159 e. The van der Waals surface area contributed by atoms with Crippen LogP contribution in [-0.4, -0.2) is 15.0 Å². The van der Waals surface area contributed by atoms with Crippen molar-refractivity contribution in [3.8, 4) is 11.5 Å². The second-order valence-corrected chi connectivity index (χ2v) is 4.27. The zero-order valence-corrected chi connectivity index (χ0v) is 10.5. The number of halogens is 1. The van der Waals surface area contributed by atoms with E-state index < -0.39 is 0 Å². The summed E-state index contributed by atoms with van der Waals surface area (Å²) in [6.45, 7) is 3.89. The lowest BCUT2D eigenvalue weighted by molar-refractivity contribution is 1.04. The Kier molecular flexibility index (Phi) is 3.03. The maximum absolute atomic E-state index is 6.05. The van der Waals surface area contributed by atoms with Crippen molar-refractivity contribution >= 4 is 23.8 Å². The molecule has 1 N–H and O–H groups in total. The van der Waals surface area contributed by atoms with Gasteiger partial charge in [-0.1, -0.05) is 23.8 Å². The highest BCUT2D eigenvalue weighted by molar-refractivity contribution is 7.71. The summed E-state index contributed by atoms with van der Waals surface area (Å²) in [6, 6.07) is 3.55. The fourth-order valence-corrected chi connectivity index (χ4v) is 1.77. The van der Waals surface area contributed by atoms with Crippen LogP contribution in [0.3, 0.4) is 0 Å². The summed E-state index contributed by atoms with van der Waals surface area (Å²) in [5.41, 5.74) is 2.58. The lowest BCUT2D eigenvalue weighted by Crippen LogP contribution is -1.98. The van der Waals surface area contributed by atoms with Crippen LogP contribution in [0, 0.1) is 18.5 Å². The van der Waals surface area contributed by atoms with Crippen molar-refractivity contribution in [3.63, 3.8) is 0 Å². The second-order valence-electron chi connectivity index (χ2n) is 3.47. The molecule has 0 aromatic carbocycles. The number of aromatic nitrogens is 3. The van der Waals surface area contributed by atoms with E-state index in [9.17, 15) is 0 Å². The zero-order chi connectivity index (χ0) is 11.7. The molecule has 0 aliphatic carbocycles. The quantitative estimate of drug-likeness (QED) is 0.789. The van der Waals surface area contributed by atoms with Crippen LogP contribution in [-0.2, 0) is 0 Å². The van der Waals surface area contributed by atoms with E-state index in [0.717, 1.165) is 11.3 Å². The Morgan fingerprint density at radius 3 is 2.75 bits per heavy atom. The normalized spacial score (nSPS) is 10.4. The summed E-state index contributed by atoms with van der Waals surface area (Å²) >= 11 is 11.2. The molecule has 16 heavy (non-hydrogen) atoms. The average Bonchev–Trinajstić information content (AvgIpc) is 2.26. The van der Waals surface area contributed by atoms with Gasteiger partial charge in [0.2, 0.25) is 0 Å². The maximum atomic E-state index is 6.05. The Balaban J connectivity index is 2.67. The monoisotopic (exact) mass is 251 g/mol. The van der Waals surface area contributed by atoms with Crippen molar-refractivity contribution in [2.75, 3.05) is 0 Å². The number of aromatic amines is 1. The third-order valence-corrected chi connectivity index (χ3v) is 3.09. The van der Waals surface area contributed by atoms with Gasteiger partial charge in [-0.3, -0.25) is 4.98 Å². The molecule has 2 aromatic rings. The van der Waals surface area contributed by atoms with Crippen LogP contribution >= 0.6 is 23.8 Å². The third kappa shape index (κ3) is 1.99. The molecule has 2 heterocycles. The molecule has 0 saturated heterocycles. The summed E-state index contributed by atoms with van der Waals surface area (Å²) in [4.78, 5) is 11.6. The molecule has 0 aliphatic heterocycles. The Hall–Kier alpha value is -1.26. The van der Waals surface area contributed by atoms with Crippen LogP contribution in [0.5, 0.6) is 0 Å². The molecule has 0 atom stereocenters. The van der Waals surface area contributed by atoms with E-state index in [-0.39, 0.29) is 0 Å². The number of hydrogen-bond acceptors (Lipinski definition) is 3. The van der Waals surface area contributed by atoms with Crippen molar-refractivity contribution < 1.29 is 0 Å². The van der Waals surface area contributed by atoms with Gasteiger partial charge in [-0.25, -0.2) is 4.98 Å². The molecule has 0 aliphatic rings. The van der Waals surface area contributed by atoms with Gasteiger partial charge in [-0.2, -0.15) is 0 Å². The van der Waals surface area contributed by atoms with Gasteiger partial charge < -0.3 is 4.98 Å². The molecular weight excluding hydrogens is 242 g/mol. The minimum atomic E-state index is 0.559. The first-order valence-corrected chi connectivity index (χ1v) is 5.56. The fourth-order valence-electron chi connectivity index (χ4n) is 1.32. The summed E-state index contributed by atoms with van der Waals surface area (Å²) in [5.74, 6) is 0.610. The van der Waals surface area contributed by atoms with E-state index in [1.165, 1.54) is 0 Å². The van der Waals surface area contributed by atoms with Crippen LogP contribution in [0.15, 0.2) is 18.3 Å². The summed E-state index contributed by atoms with van der Waals surface area (Å²) in [6.07, 6.45) is 1.68. The minimum absolute atomic E-state index is 0.559. The first-order chi connectivity index (χ1) is 7.59. The fraction of sp³-hybridized carbons (Fsp3) is 0.182. The number of aryl methyl sites for hydroxylation is 1. The largest absolute Gasteiger partial charge is 0.342 e. The van der Waals surface area contributed by atoms with Gasteiger partial charge in [0.1, 0.15) is 10.3 Å². The van der Waals surface area contributed by atoms with E-state index in [1.54, 1.807) is 18.3 Å². The molecule has 0 radical (unpaired) electrons. The van der Waals surface area contributed by atoms with Crippen LogP contribution < -0.4 is 0 Å². The Labute approximate surface area is 104 Å². The highest BCUT2D eigenvalue weighted by atomic mass is 35.5. The number of H-pyrrole nitrogens is 1. The molecule has 0 spiro atoms. The van der Waals surface area contributed by atoms with Crippen molar-refractivity contribution in [3.05, 3.63) is 39.3 Å². The first kappa shape index (κ1) is 11.2. The Bertz CT molecular complexity index is 592. The first-order valence-electron chi connectivity index (χ1n) is 4.78. The van der Waals surface area contributed by atoms with Crippen molar-refractivity contribution in [1.82, 2.24) is 15.0 Å². The van der Waals surface area contributed by atoms with Crippen LogP contribution in [0.4, 0.5) is 0 Å². The predicted molar refractivity (Wildman–Crippen MR) is 67.1 cm³/mol. The molecule has 5 heteroatoms. The van der Waals surface area contributed by atoms with Crippen molar-refractivity contribution in [2.24, 2.45) is 0 Å². The lowest BCUT2D eigenvalue weighted by Gasteiger charge is -2.06. The molecule has 0 bridgehead atoms. The van der Waals surface area contributed by atoms with E-state index in [0.29, 0.717) is 21.2 Å². The maximum Gasteiger partial charge on any atom is 0.159 e. The third-order valence-electron chi connectivity index (χ3n) is 2.39. The standard InChI is InChI=1S/C11H10ClN3S/c1-6-7(2)14-10(15-11(6)16)9-8(12)4-3-5-13-9/h3-5H,1-2H3,(H,14,15,16). The van der Waals surface area contributed by atoms with Gasteiger partial charge in [-0.15, -0.1) is 0 Å². The molecule has 0 unspecified atom stereocenters. The number of nitrogens with one attached hydrogen (secondary N) is 1. The topological polar surface area (TPSA) is 41.6 Å². The molecule has 82 valence electrons. The predicted octanol–water partition coefficient (Wildman–Crippen LogP) is 3.47. The van der Waals surface area contributed by atoms with Crippen molar-refractivity contribution in [1.29, 1.82) is 0 Å². The SMILES string of the molecule is Cc1[nH]c(-c2ncccc2Cl)nc(=S)c1C. The summed E-state index contributed by atoms with van der Waals surface area (Å²) in [7, 11) is 0. The van der Waals surface area contributed by atoms with Crippen LogP contribution in [0.25, 0.3) is 11.5 Å². The molecule has 0 fully saturated rings. The number of rotatable bonds is 1. The molecular formula is C11H10ClN3S. The number of nitrogens with zero attached hydrogens (tertiary/aromatic N) is 2. The van der Waals surface area contributed by atoms with Crippen molar-refractivity contribution in [2.45, 2.75) is 13.8 Å². The molecule has 2 aromatic heterocycles. The minimum Gasteiger partial charge on any atom is -0.342 e. The lowest BCUT2D eigenvalue weighted by atomic mass is 10.2. The zero-order valence-electron chi connectivity index (χ0n) is 8.91. The highest BCUT2D eigenvalue weighted by Crippen LogP contribution is 2.22. The van der Waals surface area contributed by atoms with Crippen LogP contribution in [0.1, 0.15) is 11.3 Å². The molecule has 3 nitrogen and oxygen atoms in total.